The first-order valence-corrected chi connectivity index (χ1v) is 13.4. The number of likely N-dealkylation sites (tertiary alicyclic amines) is 1. The van der Waals surface area contributed by atoms with Crippen molar-refractivity contribution in [1.82, 2.24) is 15.2 Å². The summed E-state index contributed by atoms with van der Waals surface area (Å²) in [6.07, 6.45) is 9.33. The number of Topliss-reactive ketones (excluding diaryl/α,β-unsaturated/α-hetero) is 1. The molecule has 2 fully saturated rings. The van der Waals surface area contributed by atoms with Gasteiger partial charge in [0, 0.05) is 32.1 Å². The molecule has 1 saturated heterocycles. The number of carbonyl (C=O) groups is 2. The van der Waals surface area contributed by atoms with Crippen molar-refractivity contribution in [2.24, 2.45) is 11.8 Å². The summed E-state index contributed by atoms with van der Waals surface area (Å²) < 4.78 is 14.4. The number of aromatic nitrogens is 1. The van der Waals surface area contributed by atoms with E-state index in [1.165, 1.54) is 12.5 Å². The smallest absolute Gasteiger partial charge is 0.226 e. The summed E-state index contributed by atoms with van der Waals surface area (Å²) in [7, 11) is 3.59. The lowest BCUT2D eigenvalue weighted by Gasteiger charge is -2.35. The number of ketones is 1. The molecule has 1 saturated carbocycles. The average Bonchev–Trinajstić information content (AvgIpc) is 3.41. The van der Waals surface area contributed by atoms with Crippen LogP contribution in [-0.4, -0.2) is 48.3 Å². The molecule has 4 rings (SSSR count). The number of para-hydroxylation sites is 1. The molecule has 1 N–H and O–H groups in total. The fourth-order valence-electron chi connectivity index (χ4n) is 5.81. The molecule has 0 radical (unpaired) electrons. The Morgan fingerprint density at radius 2 is 1.89 bits per heavy atom. The largest absolute Gasteiger partial charge is 0.335 e. The van der Waals surface area contributed by atoms with E-state index in [0.29, 0.717) is 24.5 Å². The molecule has 1 aromatic carbocycles. The van der Waals surface area contributed by atoms with Crippen molar-refractivity contribution in [1.29, 1.82) is 0 Å². The van der Waals surface area contributed by atoms with Gasteiger partial charge in [-0.25, -0.2) is 9.37 Å². The Hall–Kier alpha value is -2.80. The molecule has 1 aliphatic carbocycles. The predicted molar refractivity (Wildman–Crippen MR) is 141 cm³/mol. The summed E-state index contributed by atoms with van der Waals surface area (Å²) in [5, 5.41) is 3.04. The minimum atomic E-state index is -0.305. The number of benzene rings is 1. The third kappa shape index (κ3) is 5.77. The fraction of sp³-hybridized carbons (Fsp3) is 0.552. The fourth-order valence-corrected chi connectivity index (χ4v) is 5.81. The Balaban J connectivity index is 1.57. The zero-order valence-corrected chi connectivity index (χ0v) is 21.8. The van der Waals surface area contributed by atoms with Gasteiger partial charge in [0.2, 0.25) is 5.91 Å². The highest BCUT2D eigenvalue weighted by Crippen LogP contribution is 2.39. The summed E-state index contributed by atoms with van der Waals surface area (Å²) >= 11 is 0. The van der Waals surface area contributed by atoms with E-state index in [9.17, 15) is 14.0 Å². The number of carbonyl (C=O) groups excluding carboxylic acids is 2. The van der Waals surface area contributed by atoms with Gasteiger partial charge < -0.3 is 15.1 Å². The molecule has 36 heavy (non-hydrogen) atoms. The molecule has 6 nitrogen and oxygen atoms in total. The van der Waals surface area contributed by atoms with E-state index in [2.05, 4.69) is 10.3 Å². The van der Waals surface area contributed by atoms with Crippen molar-refractivity contribution in [2.45, 2.75) is 70.4 Å². The Bertz CT molecular complexity index is 1060. The van der Waals surface area contributed by atoms with Crippen molar-refractivity contribution in [3.8, 4) is 0 Å². The maximum Gasteiger partial charge on any atom is 0.226 e. The molecule has 0 unspecified atom stereocenters. The minimum absolute atomic E-state index is 0.0591. The third-order valence-electron chi connectivity index (χ3n) is 8.12. The second kappa shape index (κ2) is 12.0. The van der Waals surface area contributed by atoms with Gasteiger partial charge in [-0.05, 0) is 75.4 Å². The second-order valence-electron chi connectivity index (χ2n) is 10.3. The number of hydrogen-bond acceptors (Lipinski definition) is 5. The molecular formula is C29H39FN4O2. The number of halogens is 1. The Morgan fingerprint density at radius 1 is 1.14 bits per heavy atom. The van der Waals surface area contributed by atoms with Crippen molar-refractivity contribution >= 4 is 23.2 Å². The summed E-state index contributed by atoms with van der Waals surface area (Å²) in [5.41, 5.74) is 1.46. The Morgan fingerprint density at radius 3 is 2.61 bits per heavy atom. The van der Waals surface area contributed by atoms with Gasteiger partial charge in [-0.15, -0.1) is 0 Å². The molecular weight excluding hydrogens is 455 g/mol. The lowest BCUT2D eigenvalue weighted by molar-refractivity contribution is -0.141. The number of amides is 1. The van der Waals surface area contributed by atoms with Crippen molar-refractivity contribution in [2.75, 3.05) is 25.5 Å². The van der Waals surface area contributed by atoms with Crippen LogP contribution < -0.4 is 10.2 Å². The van der Waals surface area contributed by atoms with E-state index < -0.39 is 0 Å². The predicted octanol–water partition coefficient (Wildman–Crippen LogP) is 5.42. The number of pyridine rings is 1. The van der Waals surface area contributed by atoms with Crippen LogP contribution in [0, 0.1) is 17.7 Å². The molecule has 0 bridgehead atoms. The summed E-state index contributed by atoms with van der Waals surface area (Å²) in [5.74, 6) is 0.550. The Kier molecular flexibility index (Phi) is 8.72. The quantitative estimate of drug-likeness (QED) is 0.505. The van der Waals surface area contributed by atoms with Crippen LogP contribution in [0.5, 0.6) is 0 Å². The summed E-state index contributed by atoms with van der Waals surface area (Å²) in [6, 6.07) is 10.2. The van der Waals surface area contributed by atoms with Crippen LogP contribution >= 0.6 is 0 Å². The molecule has 1 aromatic heterocycles. The van der Waals surface area contributed by atoms with E-state index >= 15 is 0 Å². The molecule has 194 valence electrons. The first-order valence-electron chi connectivity index (χ1n) is 13.4. The minimum Gasteiger partial charge on any atom is -0.335 e. The van der Waals surface area contributed by atoms with E-state index in [1.807, 2.05) is 24.0 Å². The topological polar surface area (TPSA) is 65.5 Å². The first-order chi connectivity index (χ1) is 17.4. The van der Waals surface area contributed by atoms with E-state index in [-0.39, 0.29) is 41.4 Å². The van der Waals surface area contributed by atoms with Crippen LogP contribution in [0.3, 0.4) is 0 Å². The van der Waals surface area contributed by atoms with Gasteiger partial charge in [0.25, 0.3) is 0 Å². The molecule has 1 amide bonds. The normalized spacial score (nSPS) is 20.2. The molecule has 2 aromatic rings. The van der Waals surface area contributed by atoms with Gasteiger partial charge in [-0.1, -0.05) is 31.4 Å². The van der Waals surface area contributed by atoms with Gasteiger partial charge in [0.05, 0.1) is 17.8 Å². The van der Waals surface area contributed by atoms with Crippen LogP contribution in [0.2, 0.25) is 0 Å². The monoisotopic (exact) mass is 494 g/mol. The zero-order valence-electron chi connectivity index (χ0n) is 21.8. The van der Waals surface area contributed by atoms with Crippen LogP contribution in [0.1, 0.15) is 69.9 Å². The summed E-state index contributed by atoms with van der Waals surface area (Å²) in [6.45, 7) is 2.57. The maximum absolute atomic E-state index is 14.4. The Labute approximate surface area is 214 Å². The number of anilines is 2. The number of nitrogens with zero attached hydrogens (tertiary/aromatic N) is 3. The molecule has 2 heterocycles. The number of likely N-dealkylation sites (N-methyl/N-ethyl adjacent to an activating group) is 1. The van der Waals surface area contributed by atoms with Gasteiger partial charge in [-0.2, -0.15) is 0 Å². The standard InChI is InChI=1S/C29H39FN4O2/c1-20(31-2)27(35)19-23(21-10-5-4-6-11-21)29(36)34-17-9-14-25(34)22-15-16-32-28(18-22)33(3)26-13-8-7-12-24(26)30/h7-8,12-13,15-16,18,20-21,23,25,31H,4-6,9-11,14,17,19H2,1-3H3/t20-,23-,25-/m0/s1. The van der Waals surface area contributed by atoms with Gasteiger partial charge in [0.1, 0.15) is 17.4 Å². The molecule has 2 aliphatic rings. The number of rotatable bonds is 9. The van der Waals surface area contributed by atoms with Gasteiger partial charge in [-0.3, -0.25) is 9.59 Å². The van der Waals surface area contributed by atoms with E-state index in [4.69, 9.17) is 0 Å². The average molecular weight is 495 g/mol. The maximum atomic E-state index is 14.4. The zero-order chi connectivity index (χ0) is 25.7. The van der Waals surface area contributed by atoms with Crippen molar-refractivity contribution in [3.05, 3.63) is 54.0 Å². The molecule has 3 atom stereocenters. The van der Waals surface area contributed by atoms with Gasteiger partial charge >= 0.3 is 0 Å². The highest BCUT2D eigenvalue weighted by atomic mass is 19.1. The van der Waals surface area contributed by atoms with Crippen molar-refractivity contribution < 1.29 is 14.0 Å². The highest BCUT2D eigenvalue weighted by molar-refractivity contribution is 5.90. The number of hydrogen-bond donors (Lipinski definition) is 1. The lowest BCUT2D eigenvalue weighted by atomic mass is 9.76. The lowest BCUT2D eigenvalue weighted by Crippen LogP contribution is -2.42. The highest BCUT2D eigenvalue weighted by Gasteiger charge is 2.39. The first kappa shape index (κ1) is 26.3. The SMILES string of the molecule is CN[C@@H](C)C(=O)C[C@H](C(=O)N1CCC[C@H]1c1ccnc(N(C)c2ccccc2F)c1)C1CCCCC1. The van der Waals surface area contributed by atoms with Crippen LogP contribution in [0.15, 0.2) is 42.6 Å². The summed E-state index contributed by atoms with van der Waals surface area (Å²) in [4.78, 5) is 35.2. The number of nitrogens with one attached hydrogen (secondary N) is 1. The van der Waals surface area contributed by atoms with E-state index in [1.54, 1.807) is 43.4 Å². The van der Waals surface area contributed by atoms with Crippen LogP contribution in [-0.2, 0) is 9.59 Å². The van der Waals surface area contributed by atoms with Crippen molar-refractivity contribution in [3.63, 3.8) is 0 Å². The van der Waals surface area contributed by atoms with E-state index in [0.717, 1.165) is 44.1 Å². The van der Waals surface area contributed by atoms with Crippen LogP contribution in [0.4, 0.5) is 15.9 Å². The molecule has 7 heteroatoms. The van der Waals surface area contributed by atoms with Gasteiger partial charge in [0.15, 0.2) is 0 Å². The van der Waals surface area contributed by atoms with Crippen LogP contribution in [0.25, 0.3) is 0 Å². The second-order valence-corrected chi connectivity index (χ2v) is 10.3. The molecule has 1 aliphatic heterocycles. The molecule has 0 spiro atoms. The third-order valence-corrected chi connectivity index (χ3v) is 8.12.